The quantitative estimate of drug-likeness (QED) is 0.774. The van der Waals surface area contributed by atoms with Crippen molar-refractivity contribution in [2.45, 2.75) is 20.0 Å². The number of nitrogens with zero attached hydrogens (tertiary/aromatic N) is 3. The van der Waals surface area contributed by atoms with E-state index in [0.29, 0.717) is 0 Å². The summed E-state index contributed by atoms with van der Waals surface area (Å²) < 4.78 is 2.14. The van der Waals surface area contributed by atoms with E-state index in [1.54, 1.807) is 0 Å². The summed E-state index contributed by atoms with van der Waals surface area (Å²) >= 11 is 0. The van der Waals surface area contributed by atoms with Crippen molar-refractivity contribution in [2.75, 3.05) is 9.80 Å². The first-order valence-electron chi connectivity index (χ1n) is 6.94. The fraction of sp³-hybridized carbons (Fsp3) is 0.235. The van der Waals surface area contributed by atoms with Crippen LogP contribution in [0.2, 0.25) is 0 Å². The fourth-order valence-corrected chi connectivity index (χ4v) is 2.71. The van der Waals surface area contributed by atoms with Gasteiger partial charge in [-0.25, -0.2) is 9.47 Å². The maximum atomic E-state index is 2.31. The van der Waals surface area contributed by atoms with Crippen LogP contribution in [0.25, 0.3) is 0 Å². The van der Waals surface area contributed by atoms with Crippen molar-refractivity contribution in [1.29, 1.82) is 0 Å². The monoisotopic (exact) mass is 266 g/mol. The van der Waals surface area contributed by atoms with Gasteiger partial charge in [0.05, 0.1) is 13.2 Å². The van der Waals surface area contributed by atoms with Crippen LogP contribution in [-0.4, -0.2) is 6.17 Å². The summed E-state index contributed by atoms with van der Waals surface area (Å²) in [4.78, 5) is 4.59. The Bertz CT molecular complexity index is 593. The number of para-hydroxylation sites is 1. The normalized spacial score (nSPS) is 17.9. The molecule has 1 aromatic heterocycles. The number of pyridine rings is 1. The molecule has 0 unspecified atom stereocenters. The van der Waals surface area contributed by atoms with Gasteiger partial charge in [0, 0.05) is 18.0 Å². The molecule has 0 saturated carbocycles. The topological polar surface area (TPSA) is 10.4 Å². The van der Waals surface area contributed by atoms with Crippen LogP contribution in [0.5, 0.6) is 0 Å². The molecule has 0 radical (unpaired) electrons. The zero-order valence-corrected chi connectivity index (χ0v) is 12.2. The number of rotatable bonds is 2. The van der Waals surface area contributed by atoms with Crippen LogP contribution in [0.1, 0.15) is 12.5 Å². The van der Waals surface area contributed by atoms with E-state index in [-0.39, 0.29) is 6.17 Å². The third kappa shape index (κ3) is 2.05. The Morgan fingerprint density at radius 1 is 0.950 bits per heavy atom. The standard InChI is InChI=1S/C17H20N3/c1-14-8-4-5-9-16(14)19-12-13-20(15(19)2)17-10-6-7-11-18(17)3/h4-13,15H,1-3H3/q+1/t15-/m1/s1. The Kier molecular flexibility index (Phi) is 3.18. The molecule has 0 N–H and O–H groups in total. The molecule has 1 atom stereocenters. The number of aryl methyl sites for hydroxylation is 2. The Morgan fingerprint density at radius 3 is 2.40 bits per heavy atom. The minimum atomic E-state index is 0.268. The predicted molar refractivity (Wildman–Crippen MR) is 82.4 cm³/mol. The van der Waals surface area contributed by atoms with E-state index < -0.39 is 0 Å². The van der Waals surface area contributed by atoms with Gasteiger partial charge in [0.2, 0.25) is 0 Å². The Hall–Kier alpha value is -2.29. The van der Waals surface area contributed by atoms with Crippen LogP contribution < -0.4 is 14.4 Å². The Morgan fingerprint density at radius 2 is 1.65 bits per heavy atom. The average molecular weight is 266 g/mol. The first-order chi connectivity index (χ1) is 9.68. The van der Waals surface area contributed by atoms with E-state index in [0.717, 1.165) is 0 Å². The second-order valence-electron chi connectivity index (χ2n) is 5.20. The molecule has 3 rings (SSSR count). The smallest absolute Gasteiger partial charge is 0.282 e. The highest BCUT2D eigenvalue weighted by Crippen LogP contribution is 2.29. The maximum Gasteiger partial charge on any atom is 0.282 e. The van der Waals surface area contributed by atoms with Gasteiger partial charge in [-0.2, -0.15) is 0 Å². The van der Waals surface area contributed by atoms with Crippen LogP contribution in [0.4, 0.5) is 11.5 Å². The van der Waals surface area contributed by atoms with Crippen molar-refractivity contribution in [2.24, 2.45) is 7.05 Å². The molecule has 3 heteroatoms. The van der Waals surface area contributed by atoms with Crippen molar-refractivity contribution in [1.82, 2.24) is 0 Å². The van der Waals surface area contributed by atoms with Gasteiger partial charge in [0.25, 0.3) is 5.82 Å². The van der Waals surface area contributed by atoms with E-state index in [4.69, 9.17) is 0 Å². The number of anilines is 2. The first-order valence-corrected chi connectivity index (χ1v) is 6.94. The van der Waals surface area contributed by atoms with Gasteiger partial charge in [0.15, 0.2) is 6.17 Å². The van der Waals surface area contributed by atoms with Gasteiger partial charge < -0.3 is 4.90 Å². The summed E-state index contributed by atoms with van der Waals surface area (Å²) in [5.41, 5.74) is 2.56. The third-order valence-corrected chi connectivity index (χ3v) is 3.88. The van der Waals surface area contributed by atoms with Gasteiger partial charge in [-0.1, -0.05) is 24.3 Å². The number of hydrogen-bond acceptors (Lipinski definition) is 2. The van der Waals surface area contributed by atoms with E-state index in [1.807, 2.05) is 6.07 Å². The molecule has 3 nitrogen and oxygen atoms in total. The highest BCUT2D eigenvalue weighted by molar-refractivity contribution is 5.61. The lowest BCUT2D eigenvalue weighted by atomic mass is 10.2. The van der Waals surface area contributed by atoms with E-state index >= 15 is 0 Å². The van der Waals surface area contributed by atoms with Crippen LogP contribution in [0.3, 0.4) is 0 Å². The van der Waals surface area contributed by atoms with Crippen LogP contribution in [0.15, 0.2) is 61.1 Å². The highest BCUT2D eigenvalue weighted by Gasteiger charge is 2.32. The minimum absolute atomic E-state index is 0.268. The molecule has 2 heterocycles. The molecule has 0 spiro atoms. The second-order valence-corrected chi connectivity index (χ2v) is 5.20. The van der Waals surface area contributed by atoms with E-state index in [2.05, 4.69) is 90.3 Å². The predicted octanol–water partition coefficient (Wildman–Crippen LogP) is 2.96. The summed E-state index contributed by atoms with van der Waals surface area (Å²) in [7, 11) is 2.08. The SMILES string of the molecule is Cc1ccccc1N1C=CN(c2cccc[n+]2C)[C@@H]1C. The minimum Gasteiger partial charge on any atom is -0.305 e. The Balaban J connectivity index is 1.93. The lowest BCUT2D eigenvalue weighted by Gasteiger charge is -2.26. The summed E-state index contributed by atoms with van der Waals surface area (Å²) in [5, 5.41) is 0. The largest absolute Gasteiger partial charge is 0.305 e. The molecular formula is C17H20N3+. The van der Waals surface area contributed by atoms with Gasteiger partial charge in [0.1, 0.15) is 6.20 Å². The first kappa shape index (κ1) is 12.7. The van der Waals surface area contributed by atoms with Gasteiger partial charge in [-0.15, -0.1) is 0 Å². The zero-order chi connectivity index (χ0) is 14.1. The summed E-state index contributed by atoms with van der Waals surface area (Å²) in [6.07, 6.45) is 6.64. The van der Waals surface area contributed by atoms with Crippen LogP contribution in [-0.2, 0) is 7.05 Å². The summed E-state index contributed by atoms with van der Waals surface area (Å²) in [5.74, 6) is 1.19. The number of benzene rings is 1. The van der Waals surface area contributed by atoms with Crippen molar-refractivity contribution in [3.63, 3.8) is 0 Å². The molecule has 0 fully saturated rings. The maximum absolute atomic E-state index is 2.31. The van der Waals surface area contributed by atoms with Crippen molar-refractivity contribution < 1.29 is 4.57 Å². The molecule has 0 bridgehead atoms. The number of hydrogen-bond donors (Lipinski definition) is 0. The van der Waals surface area contributed by atoms with Crippen molar-refractivity contribution >= 4 is 11.5 Å². The molecule has 0 aliphatic carbocycles. The number of aromatic nitrogens is 1. The molecule has 102 valence electrons. The van der Waals surface area contributed by atoms with Gasteiger partial charge in [-0.3, -0.25) is 0 Å². The second kappa shape index (κ2) is 5.00. The van der Waals surface area contributed by atoms with E-state index in [1.165, 1.54) is 17.1 Å². The molecule has 0 saturated heterocycles. The van der Waals surface area contributed by atoms with Crippen LogP contribution in [0, 0.1) is 6.92 Å². The van der Waals surface area contributed by atoms with Crippen molar-refractivity contribution in [3.05, 3.63) is 66.6 Å². The lowest BCUT2D eigenvalue weighted by molar-refractivity contribution is -0.658. The lowest BCUT2D eigenvalue weighted by Crippen LogP contribution is -2.43. The van der Waals surface area contributed by atoms with E-state index in [9.17, 15) is 0 Å². The van der Waals surface area contributed by atoms with Gasteiger partial charge >= 0.3 is 0 Å². The fourth-order valence-electron chi connectivity index (χ4n) is 2.71. The average Bonchev–Trinajstić information content (AvgIpc) is 2.82. The molecule has 2 aromatic rings. The molecular weight excluding hydrogens is 246 g/mol. The molecule has 1 aliphatic rings. The van der Waals surface area contributed by atoms with Crippen LogP contribution >= 0.6 is 0 Å². The molecule has 0 amide bonds. The van der Waals surface area contributed by atoms with Crippen molar-refractivity contribution in [3.8, 4) is 0 Å². The molecule has 20 heavy (non-hydrogen) atoms. The van der Waals surface area contributed by atoms with Gasteiger partial charge in [-0.05, 0) is 31.5 Å². The highest BCUT2D eigenvalue weighted by atomic mass is 15.4. The molecule has 1 aliphatic heterocycles. The molecule has 1 aromatic carbocycles. The Labute approximate surface area is 120 Å². The summed E-state index contributed by atoms with van der Waals surface area (Å²) in [6.45, 7) is 4.38. The zero-order valence-electron chi connectivity index (χ0n) is 12.2. The third-order valence-electron chi connectivity index (χ3n) is 3.88. The summed E-state index contributed by atoms with van der Waals surface area (Å²) in [6, 6.07) is 14.8.